The fraction of sp³-hybridized carbons (Fsp3) is 0.776. The van der Waals surface area contributed by atoms with Crippen LogP contribution in [0.5, 0.6) is 5.75 Å². The van der Waals surface area contributed by atoms with Crippen molar-refractivity contribution in [2.45, 2.75) is 210 Å². The Morgan fingerprint density at radius 1 is 0.881 bits per heavy atom. The van der Waals surface area contributed by atoms with Gasteiger partial charge in [-0.3, -0.25) is 9.59 Å². The van der Waals surface area contributed by atoms with Crippen LogP contribution in [0.25, 0.3) is 0 Å². The smallest absolute Gasteiger partial charge is 0.234 e. The quantitative estimate of drug-likeness (QED) is 0.0728. The van der Waals surface area contributed by atoms with E-state index in [9.17, 15) is 40.9 Å². The molecule has 8 aliphatic carbocycles. The second kappa shape index (κ2) is 20.4. The van der Waals surface area contributed by atoms with Crippen LogP contribution in [0.4, 0.5) is 5.69 Å². The Bertz CT molecular complexity index is 3010. The van der Waals surface area contributed by atoms with Gasteiger partial charge in [0.2, 0.25) is 5.91 Å². The molecule has 8 fully saturated rings. The van der Waals surface area contributed by atoms with Crippen molar-refractivity contribution >= 4 is 39.0 Å². The highest BCUT2D eigenvalue weighted by molar-refractivity contribution is 8.76. The second-order valence-electron chi connectivity index (χ2n) is 30.2. The fourth-order valence-electron chi connectivity index (χ4n) is 23.5. The van der Waals surface area contributed by atoms with Crippen LogP contribution in [0.3, 0.4) is 0 Å². The highest BCUT2D eigenvalue weighted by atomic mass is 33.1. The molecule has 16 rings (SSSR count). The number of aromatic nitrogens is 2. The number of hydrogen-bond donors (Lipinski definition) is 9. The highest BCUT2D eigenvalue weighted by Gasteiger charge is 2.84. The number of aliphatic hydroxyl groups excluding tert-OH is 6. The number of phenolic OH excluding ortho intramolecular Hbond substituents is 1. The van der Waals surface area contributed by atoms with Crippen molar-refractivity contribution in [3.63, 3.8) is 0 Å². The number of ether oxygens (including phenoxy) is 1. The molecule has 7 heterocycles. The lowest BCUT2D eigenvalue weighted by molar-refractivity contribution is -0.272. The number of nitrogens with zero attached hydrogens (tertiary/aromatic N) is 3. The minimum Gasteiger partial charge on any atom is -0.508 e. The van der Waals surface area contributed by atoms with Crippen LogP contribution < -0.4 is 4.90 Å². The molecule has 1 aromatic carbocycles. The van der Waals surface area contributed by atoms with Gasteiger partial charge in [0.1, 0.15) is 28.7 Å². The van der Waals surface area contributed by atoms with Crippen molar-refractivity contribution in [3.05, 3.63) is 65.8 Å². The van der Waals surface area contributed by atoms with E-state index in [1.807, 2.05) is 18.5 Å². The average molecular weight is 1200 g/mol. The molecule has 460 valence electrons. The first-order valence-electron chi connectivity index (χ1n) is 32.6. The number of ketones is 1. The van der Waals surface area contributed by atoms with Crippen LogP contribution in [-0.2, 0) is 33.7 Å². The summed E-state index contributed by atoms with van der Waals surface area (Å²) in [4.78, 5) is 39.9. The number of amides is 1. The van der Waals surface area contributed by atoms with Gasteiger partial charge in [0, 0.05) is 84.8 Å². The van der Waals surface area contributed by atoms with Crippen molar-refractivity contribution in [2.24, 2.45) is 85.2 Å². The summed E-state index contributed by atoms with van der Waals surface area (Å²) in [5.74, 6) is -1.06. The number of carbonyl (C=O) groups excluding carboxylic acids is 2. The van der Waals surface area contributed by atoms with Crippen LogP contribution in [0.2, 0.25) is 0 Å². The number of fused-ring (bicyclic) bond motifs is 3. The lowest BCUT2D eigenvalue weighted by atomic mass is 9.31. The van der Waals surface area contributed by atoms with Gasteiger partial charge in [-0.2, -0.15) is 0 Å². The zero-order valence-electron chi connectivity index (χ0n) is 49.8. The van der Waals surface area contributed by atoms with E-state index < -0.39 is 96.7 Å². The molecule has 2 aromatic rings. The van der Waals surface area contributed by atoms with E-state index in [0.29, 0.717) is 133 Å². The molecule has 22 unspecified atom stereocenters. The molecule has 0 radical (unpaired) electrons. The number of carbonyl (C=O) groups is 2. The van der Waals surface area contributed by atoms with E-state index in [0.717, 1.165) is 17.8 Å². The molecule has 17 heteroatoms. The van der Waals surface area contributed by atoms with Crippen molar-refractivity contribution in [1.29, 1.82) is 0 Å². The Hall–Kier alpha value is -2.81. The van der Waals surface area contributed by atoms with Crippen molar-refractivity contribution in [2.75, 3.05) is 30.4 Å². The van der Waals surface area contributed by atoms with Crippen molar-refractivity contribution < 1.29 is 60.3 Å². The molecule has 15 nitrogen and oxygen atoms in total. The molecule has 6 aliphatic heterocycles. The van der Waals surface area contributed by atoms with Gasteiger partial charge in [-0.25, -0.2) is 4.98 Å². The molecule has 9 N–H and O–H groups in total. The molecule has 6 saturated carbocycles. The Labute approximate surface area is 503 Å². The van der Waals surface area contributed by atoms with Gasteiger partial charge in [0.15, 0.2) is 5.78 Å². The van der Waals surface area contributed by atoms with E-state index in [4.69, 9.17) is 9.72 Å². The number of benzene rings is 1. The third kappa shape index (κ3) is 7.43. The second-order valence-corrected chi connectivity index (χ2v) is 32.6. The number of phenols is 1. The maximum absolute atomic E-state index is 16.7. The zero-order valence-corrected chi connectivity index (χ0v) is 51.4. The lowest BCUT2D eigenvalue weighted by Gasteiger charge is -2.74. The summed E-state index contributed by atoms with van der Waals surface area (Å²) in [6, 6.07) is 5.40. The minimum atomic E-state index is -1.72. The SMILES string of the molecule is CC(C)C(C)C1OC1C1(O)CC=CC23CCCc4nccn4CC4CCC5(C4)C(O)C(O)CC46C(=O)C=C(C(C2)C54C)C2(O)CCC1C32CCc1cc(O)cc(c1)N1CC2(CCC(CCCO)C2O)C2(C1=O)C(CO)CCCC2CSSC6O. The van der Waals surface area contributed by atoms with E-state index in [2.05, 4.69) is 44.4 Å². The number of rotatable bonds is 7. The predicted molar refractivity (Wildman–Crippen MR) is 320 cm³/mol. The van der Waals surface area contributed by atoms with Crippen LogP contribution in [0, 0.1) is 85.2 Å². The first-order chi connectivity index (χ1) is 40.1. The largest absolute Gasteiger partial charge is 0.508 e. The normalized spacial score (nSPS) is 48.8. The fourth-order valence-corrected chi connectivity index (χ4v) is 26.5. The summed E-state index contributed by atoms with van der Waals surface area (Å²) in [6.07, 6.45) is 15.4. The van der Waals surface area contributed by atoms with Crippen LogP contribution in [0.1, 0.15) is 155 Å². The van der Waals surface area contributed by atoms with Gasteiger partial charge in [-0.15, -0.1) is 0 Å². The van der Waals surface area contributed by atoms with Crippen LogP contribution >= 0.6 is 21.6 Å². The van der Waals surface area contributed by atoms with E-state index in [1.54, 1.807) is 23.1 Å². The molecule has 6 spiro atoms. The molecule has 1 aromatic heterocycles. The van der Waals surface area contributed by atoms with Gasteiger partial charge >= 0.3 is 0 Å². The van der Waals surface area contributed by atoms with Gasteiger partial charge in [-0.1, -0.05) is 67.9 Å². The molecule has 84 heavy (non-hydrogen) atoms. The van der Waals surface area contributed by atoms with Gasteiger partial charge in [0.05, 0.1) is 40.8 Å². The Morgan fingerprint density at radius 2 is 1.69 bits per heavy atom. The number of aryl methyl sites for hydroxylation is 2. The number of hydrogen-bond acceptors (Lipinski definition) is 15. The number of allylic oxidation sites excluding steroid dienone is 2. The molecular weight excluding hydrogens is 1100 g/mol. The summed E-state index contributed by atoms with van der Waals surface area (Å²) in [5.41, 5.74) is -11.1. The average Bonchev–Trinajstić information content (AvgIpc) is 1.16. The van der Waals surface area contributed by atoms with Crippen LogP contribution in [-0.4, -0.2) is 140 Å². The zero-order chi connectivity index (χ0) is 58.9. The maximum atomic E-state index is 16.7. The number of epoxide rings is 1. The molecule has 2 saturated heterocycles. The molecule has 22 atom stereocenters. The van der Waals surface area contributed by atoms with E-state index in [1.165, 1.54) is 21.6 Å². The molecular formula is C67H93N3O12S2. The first kappa shape index (κ1) is 58.8. The summed E-state index contributed by atoms with van der Waals surface area (Å²) in [5, 5.41) is 116. The van der Waals surface area contributed by atoms with E-state index >= 15 is 14.7 Å². The topological polar surface area (TPSA) is 250 Å². The highest BCUT2D eigenvalue weighted by Crippen LogP contribution is 2.83. The van der Waals surface area contributed by atoms with Gasteiger partial charge < -0.3 is 60.2 Å². The monoisotopic (exact) mass is 1200 g/mol. The number of aliphatic hydroxyl groups is 8. The van der Waals surface area contributed by atoms with Crippen LogP contribution in [0.15, 0.2) is 54.4 Å². The van der Waals surface area contributed by atoms with Crippen molar-refractivity contribution in [3.8, 4) is 5.75 Å². The summed E-state index contributed by atoms with van der Waals surface area (Å²) in [7, 11) is 2.62. The van der Waals surface area contributed by atoms with E-state index in [-0.39, 0.29) is 85.7 Å². The third-order valence-corrected chi connectivity index (χ3v) is 30.0. The molecule has 12 bridgehead atoms. The van der Waals surface area contributed by atoms with Gasteiger partial charge in [-0.05, 0) is 197 Å². The maximum Gasteiger partial charge on any atom is 0.234 e. The summed E-state index contributed by atoms with van der Waals surface area (Å²) in [6.45, 7) is 9.20. The Kier molecular flexibility index (Phi) is 14.3. The number of anilines is 1. The molecule has 14 aliphatic rings. The lowest BCUT2D eigenvalue weighted by Crippen LogP contribution is -2.76. The van der Waals surface area contributed by atoms with Crippen molar-refractivity contribution in [1.82, 2.24) is 9.55 Å². The standard InChI is InChI=1S/C67H93N3O12S2/c1-38(2)39(3)53-56(82-53)64(80)19-8-18-60-17-6-12-52-68-24-25-69(52)34-41-13-20-61(31-41)55(77)49(74)33-63-51(75)30-47(48(32-60)59(61,63)4)66(81)23-16-50(64)65(60,66)22-14-40-27-45(29-46(73)28-40)70-37-62(21-15-42(54(62)76)9-7-26-71)67(57(70)78)43(35-72)10-5-11-44(67)36-83-84-58(63)79/h8,18,24-25,27-30,38-39,41-44,48-50,53-56,58,71-74,76-77,79-81H,5-7,9-17,19-23,26,31-37H2,1-4H3. The number of imidazole rings is 1. The minimum absolute atomic E-state index is 0.0244. The number of aromatic hydroxyl groups is 1. The predicted octanol–water partition coefficient (Wildman–Crippen LogP) is 7.84. The Balaban J connectivity index is 1.02. The first-order valence-corrected chi connectivity index (χ1v) is 34.9. The molecule has 1 amide bonds. The third-order valence-electron chi connectivity index (χ3n) is 27.4. The Morgan fingerprint density at radius 3 is 2.48 bits per heavy atom. The van der Waals surface area contributed by atoms with Gasteiger partial charge in [0.25, 0.3) is 0 Å². The summed E-state index contributed by atoms with van der Waals surface area (Å²) >= 11 is 0. The summed E-state index contributed by atoms with van der Waals surface area (Å²) < 4.78 is 8.99.